The van der Waals surface area contributed by atoms with Crippen LogP contribution in [0.3, 0.4) is 0 Å². The number of fused-ring (bicyclic) bond motifs is 3. The Labute approximate surface area is 319 Å². The molecule has 3 aliphatic heterocycles. The molecule has 7 rings (SSSR count). The number of allylic oxidation sites excluding steroid dienone is 1. The normalized spacial score (nSPS) is 31.5. The lowest BCUT2D eigenvalue weighted by atomic mass is 9.88. The molecule has 4 N–H and O–H groups in total. The molecule has 0 radical (unpaired) electrons. The van der Waals surface area contributed by atoms with Gasteiger partial charge in [0.25, 0.3) is 5.91 Å². The second-order valence-electron chi connectivity index (χ2n) is 15.8. The maximum atomic E-state index is 14.5. The third-order valence-electron chi connectivity index (χ3n) is 11.9. The van der Waals surface area contributed by atoms with Crippen molar-refractivity contribution in [1.82, 2.24) is 25.2 Å². The number of amides is 4. The van der Waals surface area contributed by atoms with E-state index in [4.69, 9.17) is 9.47 Å². The molecule has 7 atom stereocenters. The Hall–Kier alpha value is -4.51. The largest absolute Gasteiger partial charge is 0.472 e. The van der Waals surface area contributed by atoms with Crippen molar-refractivity contribution in [3.05, 3.63) is 42.6 Å². The summed E-state index contributed by atoms with van der Waals surface area (Å²) >= 11 is 0. The van der Waals surface area contributed by atoms with E-state index in [-0.39, 0.29) is 38.1 Å². The summed E-state index contributed by atoms with van der Waals surface area (Å²) < 4.78 is 52.5. The fourth-order valence-electron chi connectivity index (χ4n) is 8.34. The van der Waals surface area contributed by atoms with Crippen molar-refractivity contribution < 1.29 is 46.6 Å². The van der Waals surface area contributed by atoms with E-state index in [1.54, 1.807) is 19.2 Å². The summed E-state index contributed by atoms with van der Waals surface area (Å²) in [7, 11) is -4.39. The highest BCUT2D eigenvalue weighted by Crippen LogP contribution is 2.48. The molecular weight excluding hydrogens is 736 g/mol. The van der Waals surface area contributed by atoms with Gasteiger partial charge in [0, 0.05) is 36.2 Å². The molecule has 2 saturated carbocycles. The second-order valence-corrected chi connectivity index (χ2v) is 17.9. The molecule has 17 heteroatoms. The number of carboxylic acid groups (broad SMARTS) is 1. The van der Waals surface area contributed by atoms with Crippen LogP contribution in [0.25, 0.3) is 10.8 Å². The van der Waals surface area contributed by atoms with Crippen LogP contribution in [0.15, 0.2) is 42.6 Å². The fourth-order valence-corrected chi connectivity index (χ4v) is 9.77. The van der Waals surface area contributed by atoms with E-state index >= 15 is 0 Å². The SMILES string of the molecule is C[C@@H]1CC/C=C\[C@@H]2C[C@@]2(C(=O)NS(=O)(=O)C2(CF)CC2)NC(=O)[C@@H]2C[C@@H](Oc3ncc(N4CCOCC4)c4ccccc34)CN2C(=O)[C@@H](NC(=O)O)[C@H](C)C1. The molecule has 0 spiro atoms. The van der Waals surface area contributed by atoms with E-state index in [1.165, 1.54) is 4.90 Å². The van der Waals surface area contributed by atoms with Gasteiger partial charge in [-0.05, 0) is 56.4 Å². The van der Waals surface area contributed by atoms with Crippen LogP contribution in [0.1, 0.15) is 58.8 Å². The first-order chi connectivity index (χ1) is 26.3. The number of ether oxygens (including phenoxy) is 2. The zero-order valence-electron chi connectivity index (χ0n) is 31.0. The number of nitrogens with zero attached hydrogens (tertiary/aromatic N) is 3. The van der Waals surface area contributed by atoms with Gasteiger partial charge in [-0.1, -0.05) is 44.2 Å². The topological polar surface area (TPSA) is 197 Å². The summed E-state index contributed by atoms with van der Waals surface area (Å²) in [5, 5.41) is 16.6. The minimum Gasteiger partial charge on any atom is -0.472 e. The van der Waals surface area contributed by atoms with E-state index < -0.39 is 80.8 Å². The van der Waals surface area contributed by atoms with Crippen LogP contribution >= 0.6 is 0 Å². The number of carbonyl (C=O) groups is 4. The number of nitrogens with one attached hydrogen (secondary N) is 3. The lowest BCUT2D eigenvalue weighted by Crippen LogP contribution is -2.59. The number of alkyl halides is 1. The quantitative estimate of drug-likeness (QED) is 0.288. The molecule has 1 aromatic heterocycles. The lowest BCUT2D eigenvalue weighted by Gasteiger charge is -2.32. The standard InChI is InChI=1S/C38H49FN6O9S/c1-23-7-3-4-8-25-19-38(25,35(48)43-55(51,52)37(22-39)11-12-37)42-32(46)29-18-26(21-45(29)34(47)31(24(2)17-23)41-36(49)50)54-33-28-10-6-5-9-27(28)30(20-40-33)44-13-15-53-16-14-44/h4-6,8-10,20,23-26,29,31,41H,3,7,11-19,21-22H2,1-2H3,(H,42,46)(H,43,48)(H,49,50)/b8-4-/t23-,24-,25-,26-,29+,31+,38-/m1/s1. The van der Waals surface area contributed by atoms with Gasteiger partial charge in [-0.2, -0.15) is 0 Å². The molecule has 15 nitrogen and oxygen atoms in total. The van der Waals surface area contributed by atoms with E-state index in [2.05, 4.69) is 25.2 Å². The summed E-state index contributed by atoms with van der Waals surface area (Å²) in [5.74, 6) is -2.90. The van der Waals surface area contributed by atoms with Crippen LogP contribution in [0.2, 0.25) is 0 Å². The Morgan fingerprint density at radius 2 is 1.85 bits per heavy atom. The van der Waals surface area contributed by atoms with Crippen molar-refractivity contribution in [2.24, 2.45) is 17.8 Å². The third kappa shape index (κ3) is 7.69. The van der Waals surface area contributed by atoms with Gasteiger partial charge in [-0.3, -0.25) is 19.1 Å². The summed E-state index contributed by atoms with van der Waals surface area (Å²) in [6, 6.07) is 5.24. The minimum absolute atomic E-state index is 0.0230. The zero-order chi connectivity index (χ0) is 39.1. The molecule has 1 aromatic carbocycles. The van der Waals surface area contributed by atoms with Crippen LogP contribution in [0.4, 0.5) is 14.9 Å². The molecule has 4 heterocycles. The summed E-state index contributed by atoms with van der Waals surface area (Å²) in [6.45, 7) is 5.16. The molecule has 2 aliphatic carbocycles. The van der Waals surface area contributed by atoms with Gasteiger partial charge in [0.15, 0.2) is 0 Å². The average Bonchev–Trinajstić information content (AvgIpc) is 4.07. The highest BCUT2D eigenvalue weighted by atomic mass is 32.2. The van der Waals surface area contributed by atoms with Gasteiger partial charge in [0.05, 0.1) is 31.6 Å². The Bertz CT molecular complexity index is 1970. The number of hydrogen-bond donors (Lipinski definition) is 4. The predicted octanol–water partition coefficient (Wildman–Crippen LogP) is 2.89. The number of halogens is 1. The van der Waals surface area contributed by atoms with E-state index in [1.807, 2.05) is 37.3 Å². The molecular formula is C38H49FN6O9S. The average molecular weight is 785 g/mol. The highest BCUT2D eigenvalue weighted by Gasteiger charge is 2.64. The number of benzene rings is 1. The van der Waals surface area contributed by atoms with Gasteiger partial charge >= 0.3 is 6.09 Å². The Kier molecular flexibility index (Phi) is 10.7. The van der Waals surface area contributed by atoms with Crippen molar-refractivity contribution in [3.8, 4) is 5.88 Å². The predicted molar refractivity (Wildman–Crippen MR) is 200 cm³/mol. The van der Waals surface area contributed by atoms with Crippen molar-refractivity contribution >= 4 is 50.3 Å². The Balaban J connectivity index is 1.21. The zero-order valence-corrected chi connectivity index (χ0v) is 31.9. The van der Waals surface area contributed by atoms with Crippen LogP contribution in [0, 0.1) is 17.8 Å². The van der Waals surface area contributed by atoms with Gasteiger partial charge in [-0.15, -0.1) is 0 Å². The van der Waals surface area contributed by atoms with Crippen LogP contribution in [-0.4, -0.2) is 115 Å². The highest BCUT2D eigenvalue weighted by molar-refractivity contribution is 7.91. The van der Waals surface area contributed by atoms with E-state index in [9.17, 15) is 37.1 Å². The maximum absolute atomic E-state index is 14.5. The molecule has 5 aliphatic rings. The number of hydrogen-bond acceptors (Lipinski definition) is 10. The molecule has 0 bridgehead atoms. The molecule has 2 aromatic rings. The molecule has 2 saturated heterocycles. The van der Waals surface area contributed by atoms with Gasteiger partial charge < -0.3 is 35.0 Å². The van der Waals surface area contributed by atoms with Crippen LogP contribution in [0.5, 0.6) is 5.88 Å². The van der Waals surface area contributed by atoms with Crippen molar-refractivity contribution in [2.45, 2.75) is 87.3 Å². The smallest absolute Gasteiger partial charge is 0.405 e. The van der Waals surface area contributed by atoms with Crippen molar-refractivity contribution in [1.29, 1.82) is 0 Å². The summed E-state index contributed by atoms with van der Waals surface area (Å²) in [5.41, 5.74) is -0.741. The molecule has 0 unspecified atom stereocenters. The second kappa shape index (κ2) is 15.2. The number of pyridine rings is 1. The number of anilines is 1. The molecule has 298 valence electrons. The van der Waals surface area contributed by atoms with Crippen molar-refractivity contribution in [3.63, 3.8) is 0 Å². The Morgan fingerprint density at radius 1 is 1.13 bits per heavy atom. The fraction of sp³-hybridized carbons (Fsp3) is 0.605. The van der Waals surface area contributed by atoms with Crippen LogP contribution in [-0.2, 0) is 29.1 Å². The summed E-state index contributed by atoms with van der Waals surface area (Å²) in [6.07, 6.45) is 5.32. The first-order valence-electron chi connectivity index (χ1n) is 19.1. The number of aromatic nitrogens is 1. The minimum atomic E-state index is -4.39. The number of rotatable bonds is 8. The number of sulfonamides is 1. The molecule has 4 fully saturated rings. The first-order valence-corrected chi connectivity index (χ1v) is 20.5. The summed E-state index contributed by atoms with van der Waals surface area (Å²) in [4.78, 5) is 62.9. The Morgan fingerprint density at radius 3 is 2.55 bits per heavy atom. The van der Waals surface area contributed by atoms with E-state index in [0.29, 0.717) is 51.4 Å². The molecule has 4 amide bonds. The lowest BCUT2D eigenvalue weighted by molar-refractivity contribution is -0.142. The number of carbonyl (C=O) groups excluding carboxylic acids is 3. The monoisotopic (exact) mass is 784 g/mol. The van der Waals surface area contributed by atoms with Gasteiger partial charge in [-0.25, -0.2) is 22.6 Å². The van der Waals surface area contributed by atoms with E-state index in [0.717, 1.165) is 16.5 Å². The van der Waals surface area contributed by atoms with Crippen molar-refractivity contribution in [2.75, 3.05) is 44.4 Å². The van der Waals surface area contributed by atoms with Gasteiger partial charge in [0.2, 0.25) is 27.7 Å². The van der Waals surface area contributed by atoms with Gasteiger partial charge in [0.1, 0.15) is 35.1 Å². The number of morpholine rings is 1. The maximum Gasteiger partial charge on any atom is 0.405 e. The van der Waals surface area contributed by atoms with Crippen LogP contribution < -0.4 is 25.0 Å². The first kappa shape index (κ1) is 38.8. The molecule has 55 heavy (non-hydrogen) atoms. The third-order valence-corrected chi connectivity index (χ3v) is 14.0.